The molecule has 0 spiro atoms. The van der Waals surface area contributed by atoms with Crippen molar-refractivity contribution in [3.63, 3.8) is 0 Å². The predicted octanol–water partition coefficient (Wildman–Crippen LogP) is 3.60. The first kappa shape index (κ1) is 17.3. The second-order valence-electron chi connectivity index (χ2n) is 5.98. The van der Waals surface area contributed by atoms with Crippen molar-refractivity contribution in [2.75, 3.05) is 11.9 Å². The summed E-state index contributed by atoms with van der Waals surface area (Å²) in [5.41, 5.74) is 0.933. The molecule has 3 heterocycles. The first-order valence-electron chi connectivity index (χ1n) is 8.84. The highest BCUT2D eigenvalue weighted by molar-refractivity contribution is 7.13. The van der Waals surface area contributed by atoms with Gasteiger partial charge in [-0.05, 0) is 46.8 Å². The van der Waals surface area contributed by atoms with Crippen molar-refractivity contribution in [2.24, 2.45) is 0 Å². The number of unbranched alkanes of at least 4 members (excludes halogenated alkanes) is 2. The van der Waals surface area contributed by atoms with Gasteiger partial charge in [0.1, 0.15) is 0 Å². The molecule has 1 aromatic carbocycles. The molecule has 9 heteroatoms. The van der Waals surface area contributed by atoms with Crippen LogP contribution in [-0.2, 0) is 6.42 Å². The number of hydrogen-bond donors (Lipinski definition) is 1. The van der Waals surface area contributed by atoms with Gasteiger partial charge in [-0.3, -0.25) is 0 Å². The van der Waals surface area contributed by atoms with Gasteiger partial charge in [-0.2, -0.15) is 9.67 Å². The molecule has 0 saturated heterocycles. The van der Waals surface area contributed by atoms with Crippen molar-refractivity contribution in [1.82, 2.24) is 30.3 Å². The summed E-state index contributed by atoms with van der Waals surface area (Å²) in [4.78, 5) is 5.48. The Hall–Kier alpha value is -3.07. The van der Waals surface area contributed by atoms with Gasteiger partial charge in [-0.25, -0.2) is 0 Å². The number of aryl methyl sites for hydroxylation is 1. The van der Waals surface area contributed by atoms with Crippen LogP contribution in [0.4, 0.5) is 5.95 Å². The van der Waals surface area contributed by atoms with Gasteiger partial charge in [-0.15, -0.1) is 11.3 Å². The molecule has 4 rings (SSSR count). The van der Waals surface area contributed by atoms with E-state index in [1.54, 1.807) is 16.0 Å². The molecule has 3 aromatic heterocycles. The quantitative estimate of drug-likeness (QED) is 0.443. The Kier molecular flexibility index (Phi) is 5.49. The van der Waals surface area contributed by atoms with Gasteiger partial charge in [0.15, 0.2) is 0 Å². The van der Waals surface area contributed by atoms with E-state index in [1.165, 1.54) is 0 Å². The van der Waals surface area contributed by atoms with Gasteiger partial charge < -0.3 is 9.84 Å². The molecule has 0 atom stereocenters. The van der Waals surface area contributed by atoms with E-state index in [-0.39, 0.29) is 0 Å². The lowest BCUT2D eigenvalue weighted by atomic mass is 10.2. The van der Waals surface area contributed by atoms with Gasteiger partial charge >= 0.3 is 0 Å². The zero-order chi connectivity index (χ0) is 18.3. The number of anilines is 1. The van der Waals surface area contributed by atoms with Crippen LogP contribution < -0.4 is 5.32 Å². The summed E-state index contributed by atoms with van der Waals surface area (Å²) in [6.07, 6.45) is 3.85. The first-order valence-corrected chi connectivity index (χ1v) is 9.72. The summed E-state index contributed by atoms with van der Waals surface area (Å²) in [5, 5.41) is 21.2. The molecular weight excluding hydrogens is 362 g/mol. The van der Waals surface area contributed by atoms with E-state index in [0.717, 1.165) is 42.8 Å². The fourth-order valence-electron chi connectivity index (χ4n) is 2.68. The lowest BCUT2D eigenvalue weighted by Crippen LogP contribution is -2.08. The maximum Gasteiger partial charge on any atom is 0.247 e. The molecule has 0 radical (unpaired) electrons. The summed E-state index contributed by atoms with van der Waals surface area (Å²) in [6, 6.07) is 13.8. The second kappa shape index (κ2) is 8.54. The van der Waals surface area contributed by atoms with Gasteiger partial charge in [0.25, 0.3) is 0 Å². The molecule has 0 aliphatic rings. The average Bonchev–Trinajstić information content (AvgIpc) is 3.46. The van der Waals surface area contributed by atoms with Gasteiger partial charge in [-0.1, -0.05) is 40.9 Å². The molecule has 138 valence electrons. The van der Waals surface area contributed by atoms with Crippen LogP contribution >= 0.6 is 11.3 Å². The second-order valence-corrected chi connectivity index (χ2v) is 6.92. The van der Waals surface area contributed by atoms with Crippen LogP contribution in [0.2, 0.25) is 0 Å². The molecule has 4 aromatic rings. The molecule has 0 fully saturated rings. The predicted molar refractivity (Wildman–Crippen MR) is 103 cm³/mol. The molecule has 0 aliphatic carbocycles. The number of benzene rings is 1. The Balaban J connectivity index is 1.19. The van der Waals surface area contributed by atoms with Crippen molar-refractivity contribution >= 4 is 17.3 Å². The zero-order valence-electron chi connectivity index (χ0n) is 14.7. The summed E-state index contributed by atoms with van der Waals surface area (Å²) in [6.45, 7) is 0.803. The summed E-state index contributed by atoms with van der Waals surface area (Å²) < 4.78 is 7.02. The van der Waals surface area contributed by atoms with Crippen LogP contribution in [-0.4, -0.2) is 36.9 Å². The highest BCUT2D eigenvalue weighted by Gasteiger charge is 2.09. The number of para-hydroxylation sites is 1. The van der Waals surface area contributed by atoms with Crippen molar-refractivity contribution in [1.29, 1.82) is 0 Å². The lowest BCUT2D eigenvalue weighted by Gasteiger charge is -2.06. The third-order valence-electron chi connectivity index (χ3n) is 4.03. The molecule has 27 heavy (non-hydrogen) atoms. The van der Waals surface area contributed by atoms with E-state index < -0.39 is 0 Å². The Morgan fingerprint density at radius 3 is 2.81 bits per heavy atom. The van der Waals surface area contributed by atoms with Gasteiger partial charge in [0.2, 0.25) is 17.7 Å². The summed E-state index contributed by atoms with van der Waals surface area (Å²) >= 11 is 1.61. The fourth-order valence-corrected chi connectivity index (χ4v) is 3.33. The number of rotatable bonds is 9. The summed E-state index contributed by atoms with van der Waals surface area (Å²) in [7, 11) is 0. The largest absolute Gasteiger partial charge is 0.353 e. The van der Waals surface area contributed by atoms with Gasteiger partial charge in [0, 0.05) is 13.0 Å². The molecule has 0 amide bonds. The van der Waals surface area contributed by atoms with E-state index in [1.807, 2.05) is 47.8 Å². The van der Waals surface area contributed by atoms with Crippen molar-refractivity contribution in [2.45, 2.75) is 25.7 Å². The van der Waals surface area contributed by atoms with E-state index in [0.29, 0.717) is 17.7 Å². The van der Waals surface area contributed by atoms with Crippen LogP contribution in [0.15, 0.2) is 52.4 Å². The van der Waals surface area contributed by atoms with Gasteiger partial charge in [0.05, 0.1) is 10.6 Å². The third-order valence-corrected chi connectivity index (χ3v) is 4.90. The van der Waals surface area contributed by atoms with Crippen LogP contribution in [0.25, 0.3) is 16.4 Å². The lowest BCUT2D eigenvalue weighted by molar-refractivity contribution is 0.374. The first-order chi connectivity index (χ1) is 13.4. The van der Waals surface area contributed by atoms with E-state index in [4.69, 9.17) is 4.52 Å². The Labute approximate surface area is 160 Å². The standard InChI is InChI=1S/C18H19N7OS/c1-3-8-14(9-4-1)25-18(21-23-24-25)19-12-6-2-5-11-16-20-17(22-26-16)15-10-7-13-27-15/h1,3-4,7-10,13H,2,5-6,11-12H2,(H,19,21,24). The molecule has 8 nitrogen and oxygen atoms in total. The number of nitrogens with one attached hydrogen (secondary N) is 1. The average molecular weight is 381 g/mol. The summed E-state index contributed by atoms with van der Waals surface area (Å²) in [5.74, 6) is 2.02. The number of aromatic nitrogens is 6. The van der Waals surface area contributed by atoms with Crippen LogP contribution in [0.3, 0.4) is 0 Å². The molecular formula is C18H19N7OS. The maximum atomic E-state index is 5.32. The van der Waals surface area contributed by atoms with E-state index >= 15 is 0 Å². The molecule has 0 bridgehead atoms. The fraction of sp³-hybridized carbons (Fsp3) is 0.278. The maximum absolute atomic E-state index is 5.32. The van der Waals surface area contributed by atoms with E-state index in [9.17, 15) is 0 Å². The number of nitrogens with zero attached hydrogens (tertiary/aromatic N) is 6. The number of tetrazole rings is 1. The van der Waals surface area contributed by atoms with Crippen molar-refractivity contribution in [3.05, 3.63) is 53.7 Å². The Morgan fingerprint density at radius 1 is 1.04 bits per heavy atom. The monoisotopic (exact) mass is 381 g/mol. The zero-order valence-corrected chi connectivity index (χ0v) is 15.5. The minimum Gasteiger partial charge on any atom is -0.353 e. The Morgan fingerprint density at radius 2 is 1.96 bits per heavy atom. The molecule has 0 aliphatic heterocycles. The van der Waals surface area contributed by atoms with Crippen LogP contribution in [0, 0.1) is 0 Å². The minimum absolute atomic E-state index is 0.652. The Bertz CT molecular complexity index is 949. The third kappa shape index (κ3) is 4.37. The molecule has 0 unspecified atom stereocenters. The van der Waals surface area contributed by atoms with Crippen LogP contribution in [0.1, 0.15) is 25.2 Å². The topological polar surface area (TPSA) is 94.6 Å². The van der Waals surface area contributed by atoms with Crippen molar-refractivity contribution < 1.29 is 4.52 Å². The molecule has 0 saturated carbocycles. The highest BCUT2D eigenvalue weighted by atomic mass is 32.1. The SMILES string of the molecule is c1ccc(-n2nnnc2NCCCCCc2nc(-c3cccs3)no2)cc1. The normalized spacial score (nSPS) is 11.0. The number of thiophene rings is 1. The molecule has 1 N–H and O–H groups in total. The minimum atomic E-state index is 0.652. The van der Waals surface area contributed by atoms with E-state index in [2.05, 4.69) is 31.0 Å². The van der Waals surface area contributed by atoms with Crippen LogP contribution in [0.5, 0.6) is 0 Å². The van der Waals surface area contributed by atoms with Crippen molar-refractivity contribution in [3.8, 4) is 16.4 Å². The highest BCUT2D eigenvalue weighted by Crippen LogP contribution is 2.21. The number of hydrogen-bond acceptors (Lipinski definition) is 8. The smallest absolute Gasteiger partial charge is 0.247 e.